The summed E-state index contributed by atoms with van der Waals surface area (Å²) >= 11 is 0. The predicted molar refractivity (Wildman–Crippen MR) is 128 cm³/mol. The van der Waals surface area contributed by atoms with Gasteiger partial charge in [0.1, 0.15) is 11.6 Å². The second-order valence-corrected chi connectivity index (χ2v) is 8.61. The number of fused-ring (bicyclic) bond motifs is 1. The first kappa shape index (κ1) is 20.5. The lowest BCUT2D eigenvalue weighted by atomic mass is 9.97. The van der Waals surface area contributed by atoms with E-state index in [0.29, 0.717) is 16.7 Å². The second-order valence-electron chi connectivity index (χ2n) is 8.61. The quantitative estimate of drug-likeness (QED) is 0.391. The molecule has 32 heavy (non-hydrogen) atoms. The highest BCUT2D eigenvalue weighted by Crippen LogP contribution is 2.29. The number of hydrogen-bond acceptors (Lipinski definition) is 3. The molecule has 0 unspecified atom stereocenters. The topological polar surface area (TPSA) is 44.1 Å². The van der Waals surface area contributed by atoms with E-state index in [2.05, 4.69) is 24.3 Å². The van der Waals surface area contributed by atoms with Gasteiger partial charge in [-0.05, 0) is 61.9 Å². The Bertz CT molecular complexity index is 1220. The summed E-state index contributed by atoms with van der Waals surface area (Å²) in [4.78, 5) is 18.7. The van der Waals surface area contributed by atoms with E-state index >= 15 is 0 Å². The maximum absolute atomic E-state index is 13.8. The number of rotatable bonds is 5. The van der Waals surface area contributed by atoms with E-state index in [1.54, 1.807) is 0 Å². The third kappa shape index (κ3) is 4.05. The fourth-order valence-electron chi connectivity index (χ4n) is 4.80. The van der Waals surface area contributed by atoms with Crippen molar-refractivity contribution in [3.63, 3.8) is 0 Å². The molecule has 0 radical (unpaired) electrons. The molecule has 0 amide bonds. The Balaban J connectivity index is 1.63. The molecule has 0 spiro atoms. The molecule has 1 heterocycles. The SMILES string of the molecule is Cc1nc2ccc(OC3CCCCC3)cc2c(=O)n1C(c1ccccc1)c1ccccc1. The van der Waals surface area contributed by atoms with E-state index in [1.165, 1.54) is 19.3 Å². The minimum Gasteiger partial charge on any atom is -0.490 e. The van der Waals surface area contributed by atoms with Crippen LogP contribution in [-0.4, -0.2) is 15.7 Å². The number of aromatic nitrogens is 2. The van der Waals surface area contributed by atoms with Gasteiger partial charge in [0.05, 0.1) is 23.0 Å². The molecule has 1 fully saturated rings. The van der Waals surface area contributed by atoms with Crippen molar-refractivity contribution < 1.29 is 4.74 Å². The summed E-state index contributed by atoms with van der Waals surface area (Å²) in [5.41, 5.74) is 2.78. The van der Waals surface area contributed by atoms with E-state index in [-0.39, 0.29) is 17.7 Å². The van der Waals surface area contributed by atoms with Crippen LogP contribution >= 0.6 is 0 Å². The number of hydrogen-bond donors (Lipinski definition) is 0. The molecule has 1 aliphatic carbocycles. The zero-order valence-corrected chi connectivity index (χ0v) is 18.4. The van der Waals surface area contributed by atoms with Crippen LogP contribution in [0.2, 0.25) is 0 Å². The lowest BCUT2D eigenvalue weighted by molar-refractivity contribution is 0.155. The standard InChI is InChI=1S/C28H28N2O2/c1-20-29-26-18-17-24(32-23-15-9-4-10-16-23)19-25(26)28(31)30(20)27(21-11-5-2-6-12-21)22-13-7-3-8-14-22/h2-3,5-8,11-14,17-19,23,27H,4,9-10,15-16H2,1H3. The van der Waals surface area contributed by atoms with E-state index in [0.717, 1.165) is 29.7 Å². The fraction of sp³-hybridized carbons (Fsp3) is 0.286. The summed E-state index contributed by atoms with van der Waals surface area (Å²) < 4.78 is 8.06. The summed E-state index contributed by atoms with van der Waals surface area (Å²) in [5, 5.41) is 0.598. The van der Waals surface area contributed by atoms with Crippen LogP contribution in [-0.2, 0) is 0 Å². The highest BCUT2D eigenvalue weighted by molar-refractivity contribution is 5.79. The Morgan fingerprint density at radius 1 is 0.875 bits per heavy atom. The summed E-state index contributed by atoms with van der Waals surface area (Å²) in [7, 11) is 0. The average Bonchev–Trinajstić information content (AvgIpc) is 2.84. The molecule has 1 aliphatic rings. The van der Waals surface area contributed by atoms with Crippen LogP contribution in [0.4, 0.5) is 0 Å². The predicted octanol–water partition coefficient (Wildman–Crippen LogP) is 6.05. The number of aryl methyl sites for hydroxylation is 1. The van der Waals surface area contributed by atoms with Gasteiger partial charge in [0, 0.05) is 0 Å². The van der Waals surface area contributed by atoms with Crippen LogP contribution in [0.3, 0.4) is 0 Å². The smallest absolute Gasteiger partial charge is 0.262 e. The molecule has 0 saturated heterocycles. The fourth-order valence-corrected chi connectivity index (χ4v) is 4.80. The molecule has 0 atom stereocenters. The molecule has 3 aromatic carbocycles. The minimum absolute atomic E-state index is 0.0423. The highest BCUT2D eigenvalue weighted by atomic mass is 16.5. The van der Waals surface area contributed by atoms with Gasteiger partial charge in [-0.1, -0.05) is 67.1 Å². The molecule has 1 aromatic heterocycles. The van der Waals surface area contributed by atoms with Gasteiger partial charge < -0.3 is 4.74 Å². The van der Waals surface area contributed by atoms with Gasteiger partial charge in [-0.15, -0.1) is 0 Å². The maximum Gasteiger partial charge on any atom is 0.262 e. The third-order valence-corrected chi connectivity index (χ3v) is 6.39. The van der Waals surface area contributed by atoms with E-state index in [9.17, 15) is 4.79 Å². The molecule has 5 rings (SSSR count). The number of benzene rings is 3. The van der Waals surface area contributed by atoms with Crippen molar-refractivity contribution in [1.29, 1.82) is 0 Å². The first-order chi connectivity index (χ1) is 15.7. The van der Waals surface area contributed by atoms with Gasteiger partial charge in [-0.2, -0.15) is 0 Å². The molecular formula is C28H28N2O2. The molecule has 0 aliphatic heterocycles. The Morgan fingerprint density at radius 2 is 1.50 bits per heavy atom. The monoisotopic (exact) mass is 424 g/mol. The highest BCUT2D eigenvalue weighted by Gasteiger charge is 2.22. The van der Waals surface area contributed by atoms with Crippen molar-refractivity contribution in [3.8, 4) is 5.75 Å². The Morgan fingerprint density at radius 3 is 2.12 bits per heavy atom. The zero-order chi connectivity index (χ0) is 21.9. The molecule has 4 heteroatoms. The Hall–Kier alpha value is -3.40. The zero-order valence-electron chi connectivity index (χ0n) is 18.4. The average molecular weight is 425 g/mol. The van der Waals surface area contributed by atoms with Crippen LogP contribution in [0.15, 0.2) is 83.7 Å². The van der Waals surface area contributed by atoms with Gasteiger partial charge in [0.15, 0.2) is 0 Å². The third-order valence-electron chi connectivity index (χ3n) is 6.39. The summed E-state index contributed by atoms with van der Waals surface area (Å²) in [5.74, 6) is 1.45. The first-order valence-electron chi connectivity index (χ1n) is 11.5. The molecule has 162 valence electrons. The number of nitrogens with zero attached hydrogens (tertiary/aromatic N) is 2. The molecule has 1 saturated carbocycles. The van der Waals surface area contributed by atoms with E-state index in [4.69, 9.17) is 9.72 Å². The van der Waals surface area contributed by atoms with Crippen LogP contribution in [0.5, 0.6) is 5.75 Å². The van der Waals surface area contributed by atoms with Gasteiger partial charge >= 0.3 is 0 Å². The Labute approximate surface area is 188 Å². The molecule has 0 N–H and O–H groups in total. The molecular weight excluding hydrogens is 396 g/mol. The van der Waals surface area contributed by atoms with Crippen LogP contribution in [0.25, 0.3) is 10.9 Å². The first-order valence-corrected chi connectivity index (χ1v) is 11.5. The summed E-state index contributed by atoms with van der Waals surface area (Å²) in [6.45, 7) is 1.91. The lowest BCUT2D eigenvalue weighted by Crippen LogP contribution is -2.29. The summed E-state index contributed by atoms with van der Waals surface area (Å²) in [6.07, 6.45) is 6.11. The second kappa shape index (κ2) is 8.99. The van der Waals surface area contributed by atoms with Gasteiger partial charge in [-0.25, -0.2) is 4.98 Å². The minimum atomic E-state index is -0.246. The van der Waals surface area contributed by atoms with Crippen molar-refractivity contribution in [2.75, 3.05) is 0 Å². The van der Waals surface area contributed by atoms with Crippen molar-refractivity contribution in [3.05, 3.63) is 106 Å². The van der Waals surface area contributed by atoms with Gasteiger partial charge in [0.25, 0.3) is 5.56 Å². The largest absolute Gasteiger partial charge is 0.490 e. The van der Waals surface area contributed by atoms with Crippen molar-refractivity contribution >= 4 is 10.9 Å². The van der Waals surface area contributed by atoms with Gasteiger partial charge in [-0.3, -0.25) is 9.36 Å². The molecule has 0 bridgehead atoms. The summed E-state index contributed by atoms with van der Waals surface area (Å²) in [6, 6.07) is 25.8. The van der Waals surface area contributed by atoms with Gasteiger partial charge in [0.2, 0.25) is 0 Å². The molecule has 4 aromatic rings. The van der Waals surface area contributed by atoms with Crippen LogP contribution in [0.1, 0.15) is 55.1 Å². The van der Waals surface area contributed by atoms with Crippen molar-refractivity contribution in [1.82, 2.24) is 9.55 Å². The maximum atomic E-state index is 13.8. The normalized spacial score (nSPS) is 14.7. The van der Waals surface area contributed by atoms with Crippen molar-refractivity contribution in [2.45, 2.75) is 51.2 Å². The lowest BCUT2D eigenvalue weighted by Gasteiger charge is -2.24. The number of ether oxygens (including phenoxy) is 1. The van der Waals surface area contributed by atoms with Crippen LogP contribution in [0, 0.1) is 6.92 Å². The molecule has 4 nitrogen and oxygen atoms in total. The Kier molecular flexibility index (Phi) is 5.76. The van der Waals surface area contributed by atoms with E-state index < -0.39 is 0 Å². The van der Waals surface area contributed by atoms with Crippen LogP contribution < -0.4 is 10.3 Å². The van der Waals surface area contributed by atoms with Crippen molar-refractivity contribution in [2.24, 2.45) is 0 Å². The van der Waals surface area contributed by atoms with E-state index in [1.807, 2.05) is 66.1 Å².